The van der Waals surface area contributed by atoms with Gasteiger partial charge < -0.3 is 20.0 Å². The van der Waals surface area contributed by atoms with Crippen molar-refractivity contribution in [1.82, 2.24) is 9.55 Å². The monoisotopic (exact) mass is 468 g/mol. The Kier molecular flexibility index (Phi) is 6.59. The molecule has 0 atom stereocenters. The largest absolute Gasteiger partial charge is 0.392 e. The molecule has 7 heteroatoms. The van der Waals surface area contributed by atoms with Crippen LogP contribution >= 0.6 is 0 Å². The highest BCUT2D eigenvalue weighted by Crippen LogP contribution is 2.33. The van der Waals surface area contributed by atoms with Crippen LogP contribution in [-0.4, -0.2) is 20.6 Å². The summed E-state index contributed by atoms with van der Waals surface area (Å²) in [4.78, 5) is 28.8. The van der Waals surface area contributed by atoms with Gasteiger partial charge in [-0.05, 0) is 40.8 Å². The maximum absolute atomic E-state index is 13.0. The Balaban J connectivity index is 1.74. The molecule has 1 amide bonds. The molecule has 7 nitrogen and oxygen atoms in total. The molecule has 0 unspecified atom stereocenters. The molecule has 0 aliphatic heterocycles. The first-order valence-corrected chi connectivity index (χ1v) is 11.5. The standard InChI is InChI=1S/C28H28N4O3/c1-28(2,3)19-10-8-18(9-11-19)26(34)31-24-7-4-6-20(23(24)17-33)22-16-32(15-5-13-29)27(35)25-21(22)12-14-30-25/h4,6-12,14,16,30,33H,5,15,17H2,1-3H3,(H,31,34). The van der Waals surface area contributed by atoms with Gasteiger partial charge in [-0.1, -0.05) is 45.0 Å². The number of H-pyrrole nitrogens is 1. The number of aromatic amines is 1. The lowest BCUT2D eigenvalue weighted by Crippen LogP contribution is -2.20. The van der Waals surface area contributed by atoms with Crippen LogP contribution in [0.3, 0.4) is 0 Å². The van der Waals surface area contributed by atoms with Crippen molar-refractivity contribution in [2.75, 3.05) is 5.32 Å². The number of rotatable bonds is 6. The second-order valence-corrected chi connectivity index (χ2v) is 9.49. The number of hydrogen-bond donors (Lipinski definition) is 3. The number of aliphatic hydroxyl groups excluding tert-OH is 1. The van der Waals surface area contributed by atoms with Crippen LogP contribution in [0.5, 0.6) is 0 Å². The van der Waals surface area contributed by atoms with Crippen molar-refractivity contribution in [2.45, 2.75) is 45.8 Å². The number of fused-ring (bicyclic) bond motifs is 1. The van der Waals surface area contributed by atoms with Gasteiger partial charge in [0.05, 0.1) is 19.1 Å². The number of benzene rings is 2. The van der Waals surface area contributed by atoms with E-state index in [2.05, 4.69) is 37.1 Å². The third kappa shape index (κ3) is 4.75. The summed E-state index contributed by atoms with van der Waals surface area (Å²) in [5.41, 5.74) is 4.32. The minimum Gasteiger partial charge on any atom is -0.392 e. The molecule has 3 N–H and O–H groups in total. The van der Waals surface area contributed by atoms with Crippen LogP contribution in [0.4, 0.5) is 5.69 Å². The SMILES string of the molecule is CC(C)(C)c1ccc(C(=O)Nc2cccc(-c3cn(CCC#N)c(=O)c4[nH]ccc34)c2CO)cc1. The molecule has 0 radical (unpaired) electrons. The maximum Gasteiger partial charge on any atom is 0.274 e. The van der Waals surface area contributed by atoms with Gasteiger partial charge in [0.25, 0.3) is 11.5 Å². The van der Waals surface area contributed by atoms with Crippen molar-refractivity contribution in [2.24, 2.45) is 0 Å². The van der Waals surface area contributed by atoms with Crippen LogP contribution in [0.2, 0.25) is 0 Å². The zero-order valence-corrected chi connectivity index (χ0v) is 20.1. The van der Waals surface area contributed by atoms with Crippen LogP contribution in [0.15, 0.2) is 65.7 Å². The van der Waals surface area contributed by atoms with E-state index in [1.807, 2.05) is 24.3 Å². The van der Waals surface area contributed by atoms with E-state index in [4.69, 9.17) is 5.26 Å². The number of hydrogen-bond acceptors (Lipinski definition) is 4. The summed E-state index contributed by atoms with van der Waals surface area (Å²) in [7, 11) is 0. The Bertz CT molecular complexity index is 1480. The first kappa shape index (κ1) is 24.0. The number of amides is 1. The van der Waals surface area contributed by atoms with E-state index in [1.165, 1.54) is 4.57 Å². The van der Waals surface area contributed by atoms with Crippen molar-refractivity contribution in [3.05, 3.63) is 88.0 Å². The van der Waals surface area contributed by atoms with Gasteiger partial charge in [0, 0.05) is 46.7 Å². The zero-order valence-electron chi connectivity index (χ0n) is 20.1. The van der Waals surface area contributed by atoms with E-state index in [9.17, 15) is 14.7 Å². The highest BCUT2D eigenvalue weighted by Gasteiger charge is 2.18. The van der Waals surface area contributed by atoms with Gasteiger partial charge in [0.2, 0.25) is 0 Å². The van der Waals surface area contributed by atoms with E-state index >= 15 is 0 Å². The molecule has 0 bridgehead atoms. The van der Waals surface area contributed by atoms with Crippen LogP contribution in [0.25, 0.3) is 22.0 Å². The molecule has 0 saturated carbocycles. The Labute approximate surface area is 203 Å². The third-order valence-electron chi connectivity index (χ3n) is 6.15. The molecule has 0 aliphatic carbocycles. The van der Waals surface area contributed by atoms with E-state index in [0.29, 0.717) is 33.3 Å². The Morgan fingerprint density at radius 3 is 2.51 bits per heavy atom. The van der Waals surface area contributed by atoms with Crippen molar-refractivity contribution in [3.63, 3.8) is 0 Å². The fraction of sp³-hybridized carbons (Fsp3) is 0.250. The fourth-order valence-corrected chi connectivity index (χ4v) is 4.19. The minimum absolute atomic E-state index is 0.0132. The molecule has 2 heterocycles. The van der Waals surface area contributed by atoms with Crippen molar-refractivity contribution in [3.8, 4) is 17.2 Å². The van der Waals surface area contributed by atoms with Gasteiger partial charge in [0.1, 0.15) is 5.52 Å². The number of nitrogens with zero attached hydrogens (tertiary/aromatic N) is 2. The van der Waals surface area contributed by atoms with Gasteiger partial charge in [-0.25, -0.2) is 0 Å². The molecular weight excluding hydrogens is 440 g/mol. The highest BCUT2D eigenvalue weighted by molar-refractivity contribution is 6.05. The van der Waals surface area contributed by atoms with Crippen molar-refractivity contribution >= 4 is 22.5 Å². The predicted octanol–water partition coefficient (Wildman–Crippen LogP) is 4.95. The molecule has 0 spiro atoms. The van der Waals surface area contributed by atoms with Crippen molar-refractivity contribution < 1.29 is 9.90 Å². The van der Waals surface area contributed by atoms with Crippen LogP contribution in [0, 0.1) is 11.3 Å². The Morgan fingerprint density at radius 1 is 1.11 bits per heavy atom. The van der Waals surface area contributed by atoms with Gasteiger partial charge in [-0.2, -0.15) is 5.26 Å². The van der Waals surface area contributed by atoms with Gasteiger partial charge in [0.15, 0.2) is 0 Å². The lowest BCUT2D eigenvalue weighted by molar-refractivity contribution is 0.102. The average Bonchev–Trinajstić information content (AvgIpc) is 3.34. The quantitative estimate of drug-likeness (QED) is 0.372. The maximum atomic E-state index is 13.0. The van der Waals surface area contributed by atoms with E-state index in [0.717, 1.165) is 11.1 Å². The van der Waals surface area contributed by atoms with Gasteiger partial charge >= 0.3 is 0 Å². The molecule has 2 aromatic heterocycles. The zero-order chi connectivity index (χ0) is 25.2. The van der Waals surface area contributed by atoms with Crippen LogP contribution < -0.4 is 10.9 Å². The van der Waals surface area contributed by atoms with Gasteiger partial charge in [-0.3, -0.25) is 9.59 Å². The lowest BCUT2D eigenvalue weighted by atomic mass is 9.86. The molecule has 0 aliphatic rings. The van der Waals surface area contributed by atoms with E-state index in [1.54, 1.807) is 36.7 Å². The first-order valence-electron chi connectivity index (χ1n) is 11.5. The number of anilines is 1. The fourth-order valence-electron chi connectivity index (χ4n) is 4.19. The summed E-state index contributed by atoms with van der Waals surface area (Å²) in [6.45, 7) is 6.30. The molecule has 4 rings (SSSR count). The average molecular weight is 469 g/mol. The highest BCUT2D eigenvalue weighted by atomic mass is 16.3. The summed E-state index contributed by atoms with van der Waals surface area (Å²) >= 11 is 0. The Morgan fingerprint density at radius 2 is 1.86 bits per heavy atom. The number of aliphatic hydroxyl groups is 1. The Hall–Kier alpha value is -4.15. The number of aromatic nitrogens is 2. The number of carbonyl (C=O) groups is 1. The number of carbonyl (C=O) groups excluding carboxylic acids is 1. The topological polar surface area (TPSA) is 111 Å². The summed E-state index contributed by atoms with van der Waals surface area (Å²) in [5, 5.41) is 22.9. The number of nitrogens with one attached hydrogen (secondary N) is 2. The molecule has 35 heavy (non-hydrogen) atoms. The number of pyridine rings is 1. The molecule has 0 fully saturated rings. The second kappa shape index (κ2) is 9.61. The number of nitriles is 1. The molecular formula is C28H28N4O3. The van der Waals surface area contributed by atoms with Crippen LogP contribution in [0.1, 0.15) is 48.7 Å². The lowest BCUT2D eigenvalue weighted by Gasteiger charge is -2.19. The summed E-state index contributed by atoms with van der Waals surface area (Å²) in [5.74, 6) is -0.275. The molecule has 0 saturated heterocycles. The molecule has 2 aromatic carbocycles. The first-order chi connectivity index (χ1) is 16.7. The second-order valence-electron chi connectivity index (χ2n) is 9.49. The van der Waals surface area contributed by atoms with Crippen molar-refractivity contribution in [1.29, 1.82) is 5.26 Å². The predicted molar refractivity (Wildman–Crippen MR) is 137 cm³/mol. The molecule has 4 aromatic rings. The summed E-state index contributed by atoms with van der Waals surface area (Å²) < 4.78 is 1.50. The van der Waals surface area contributed by atoms with Crippen LogP contribution in [-0.2, 0) is 18.6 Å². The smallest absolute Gasteiger partial charge is 0.274 e. The van der Waals surface area contributed by atoms with E-state index < -0.39 is 0 Å². The number of aryl methyl sites for hydroxylation is 1. The third-order valence-corrected chi connectivity index (χ3v) is 6.15. The van der Waals surface area contributed by atoms with Gasteiger partial charge in [-0.15, -0.1) is 0 Å². The molecule has 178 valence electrons. The minimum atomic E-state index is -0.308. The normalized spacial score (nSPS) is 11.4. The summed E-state index contributed by atoms with van der Waals surface area (Å²) in [6.07, 6.45) is 3.60. The summed E-state index contributed by atoms with van der Waals surface area (Å²) in [6, 6.07) is 16.8. The van der Waals surface area contributed by atoms with E-state index in [-0.39, 0.29) is 36.5 Å².